The topological polar surface area (TPSA) is 46.3 Å². The molecule has 104 valence electrons. The van der Waals surface area contributed by atoms with E-state index >= 15 is 0 Å². The molecule has 0 saturated carbocycles. The highest BCUT2D eigenvalue weighted by molar-refractivity contribution is 6.44. The number of halogens is 2. The van der Waals surface area contributed by atoms with E-state index in [0.29, 0.717) is 16.3 Å². The minimum absolute atomic E-state index is 0.0844. The Balaban J connectivity index is 2.38. The van der Waals surface area contributed by atoms with Crippen molar-refractivity contribution in [1.29, 1.82) is 0 Å². The Kier molecular flexibility index (Phi) is 4.26. The number of benzene rings is 1. The van der Waals surface area contributed by atoms with Gasteiger partial charge in [0.05, 0.1) is 15.6 Å². The lowest BCUT2D eigenvalue weighted by molar-refractivity contribution is 0.0511. The molecular weight excluding hydrogens is 283 g/mol. The zero-order valence-corrected chi connectivity index (χ0v) is 12.6. The van der Waals surface area contributed by atoms with Crippen molar-refractivity contribution in [3.8, 4) is 0 Å². The van der Waals surface area contributed by atoms with E-state index in [1.165, 1.54) is 0 Å². The number of amides is 1. The van der Waals surface area contributed by atoms with Crippen molar-refractivity contribution in [2.24, 2.45) is 0 Å². The normalized spacial score (nSPS) is 23.5. The highest BCUT2D eigenvalue weighted by Crippen LogP contribution is 2.32. The zero-order valence-electron chi connectivity index (χ0n) is 11.1. The number of nitrogen functional groups attached to an aromatic ring is 1. The number of rotatable bonds is 1. The van der Waals surface area contributed by atoms with Gasteiger partial charge in [0.2, 0.25) is 0 Å². The molecule has 19 heavy (non-hydrogen) atoms. The van der Waals surface area contributed by atoms with Crippen LogP contribution in [0, 0.1) is 0 Å². The predicted molar refractivity (Wildman–Crippen MR) is 79.8 cm³/mol. The first-order chi connectivity index (χ1) is 8.91. The van der Waals surface area contributed by atoms with Crippen molar-refractivity contribution in [2.75, 3.05) is 5.73 Å². The summed E-state index contributed by atoms with van der Waals surface area (Å²) in [5.41, 5.74) is 6.60. The lowest BCUT2D eigenvalue weighted by Crippen LogP contribution is -2.47. The zero-order chi connectivity index (χ0) is 14.2. The number of nitrogens with two attached hydrogens (primary N) is 1. The summed E-state index contributed by atoms with van der Waals surface area (Å²) in [4.78, 5) is 14.6. The largest absolute Gasteiger partial charge is 0.399 e. The molecular formula is C14H18Cl2N2O. The molecule has 2 atom stereocenters. The van der Waals surface area contributed by atoms with Crippen molar-refractivity contribution < 1.29 is 4.79 Å². The van der Waals surface area contributed by atoms with E-state index in [0.717, 1.165) is 19.3 Å². The number of carbonyl (C=O) groups excluding carboxylic acids is 1. The molecule has 5 heteroatoms. The maximum absolute atomic E-state index is 12.7. The molecule has 0 bridgehead atoms. The third-order valence-electron chi connectivity index (χ3n) is 3.71. The van der Waals surface area contributed by atoms with Crippen LogP contribution in [0.2, 0.25) is 10.0 Å². The van der Waals surface area contributed by atoms with E-state index in [4.69, 9.17) is 28.9 Å². The highest BCUT2D eigenvalue weighted by atomic mass is 35.5. The quantitative estimate of drug-likeness (QED) is 0.798. The first kappa shape index (κ1) is 14.5. The molecule has 3 nitrogen and oxygen atoms in total. The van der Waals surface area contributed by atoms with Crippen LogP contribution >= 0.6 is 23.2 Å². The summed E-state index contributed by atoms with van der Waals surface area (Å²) in [6.07, 6.45) is 3.19. The Morgan fingerprint density at radius 2 is 1.84 bits per heavy atom. The second kappa shape index (κ2) is 5.59. The summed E-state index contributed by atoms with van der Waals surface area (Å²) in [5, 5.41) is 0.605. The fourth-order valence-corrected chi connectivity index (χ4v) is 3.14. The SMILES string of the molecule is CC1CCCC(C)N1C(=O)c1cc(N)cc(Cl)c1Cl. The van der Waals surface area contributed by atoms with E-state index in [1.807, 2.05) is 4.90 Å². The monoisotopic (exact) mass is 300 g/mol. The van der Waals surface area contributed by atoms with Gasteiger partial charge in [0, 0.05) is 17.8 Å². The van der Waals surface area contributed by atoms with Gasteiger partial charge in [0.25, 0.3) is 5.91 Å². The van der Waals surface area contributed by atoms with Gasteiger partial charge in [-0.3, -0.25) is 4.79 Å². The molecule has 1 aliphatic rings. The summed E-state index contributed by atoms with van der Waals surface area (Å²) in [6.45, 7) is 4.13. The van der Waals surface area contributed by atoms with Crippen LogP contribution in [0.4, 0.5) is 5.69 Å². The third-order valence-corrected chi connectivity index (χ3v) is 4.51. The summed E-state index contributed by atoms with van der Waals surface area (Å²) in [7, 11) is 0. The average molecular weight is 301 g/mol. The van der Waals surface area contributed by atoms with Crippen LogP contribution < -0.4 is 5.73 Å². The van der Waals surface area contributed by atoms with E-state index in [2.05, 4.69) is 13.8 Å². The predicted octanol–water partition coefficient (Wildman–Crippen LogP) is 3.98. The fraction of sp³-hybridized carbons (Fsp3) is 0.500. The number of piperidine rings is 1. The van der Waals surface area contributed by atoms with Gasteiger partial charge < -0.3 is 10.6 Å². The van der Waals surface area contributed by atoms with E-state index in [-0.39, 0.29) is 23.0 Å². The minimum Gasteiger partial charge on any atom is -0.399 e. The Morgan fingerprint density at radius 1 is 1.26 bits per heavy atom. The lowest BCUT2D eigenvalue weighted by Gasteiger charge is -2.39. The van der Waals surface area contributed by atoms with Crippen LogP contribution in [0.15, 0.2) is 12.1 Å². The van der Waals surface area contributed by atoms with Gasteiger partial charge in [-0.2, -0.15) is 0 Å². The highest BCUT2D eigenvalue weighted by Gasteiger charge is 2.31. The Bertz CT molecular complexity index is 494. The maximum Gasteiger partial charge on any atom is 0.255 e. The van der Waals surface area contributed by atoms with Crippen LogP contribution in [0.5, 0.6) is 0 Å². The van der Waals surface area contributed by atoms with Crippen LogP contribution in [-0.2, 0) is 0 Å². The van der Waals surface area contributed by atoms with Crippen molar-refractivity contribution >= 4 is 34.8 Å². The standard InChI is InChI=1S/C14H18Cl2N2O/c1-8-4-3-5-9(2)18(8)14(19)11-6-10(17)7-12(15)13(11)16/h6-9H,3-5,17H2,1-2H3. The second-order valence-electron chi connectivity index (χ2n) is 5.21. The Labute approximate surface area is 123 Å². The number of hydrogen-bond acceptors (Lipinski definition) is 2. The van der Waals surface area contributed by atoms with Crippen molar-refractivity contribution in [1.82, 2.24) is 4.90 Å². The van der Waals surface area contributed by atoms with Gasteiger partial charge >= 0.3 is 0 Å². The van der Waals surface area contributed by atoms with Gasteiger partial charge in [0.1, 0.15) is 0 Å². The molecule has 0 radical (unpaired) electrons. The molecule has 1 aromatic carbocycles. The molecule has 0 aromatic heterocycles. The summed E-state index contributed by atoms with van der Waals surface area (Å²) in [5.74, 6) is -0.0844. The van der Waals surface area contributed by atoms with Gasteiger partial charge in [0.15, 0.2) is 0 Å². The molecule has 2 N–H and O–H groups in total. The molecule has 1 aromatic rings. The van der Waals surface area contributed by atoms with Gasteiger partial charge in [-0.05, 0) is 45.2 Å². The van der Waals surface area contributed by atoms with Crippen LogP contribution in [-0.4, -0.2) is 22.9 Å². The van der Waals surface area contributed by atoms with Crippen LogP contribution in [0.25, 0.3) is 0 Å². The third kappa shape index (κ3) is 2.82. The second-order valence-corrected chi connectivity index (χ2v) is 5.99. The van der Waals surface area contributed by atoms with E-state index in [1.54, 1.807) is 12.1 Å². The van der Waals surface area contributed by atoms with Crippen LogP contribution in [0.1, 0.15) is 43.5 Å². The van der Waals surface area contributed by atoms with Crippen LogP contribution in [0.3, 0.4) is 0 Å². The van der Waals surface area contributed by atoms with E-state index < -0.39 is 0 Å². The molecule has 1 heterocycles. The minimum atomic E-state index is -0.0844. The fourth-order valence-electron chi connectivity index (χ4n) is 2.73. The summed E-state index contributed by atoms with van der Waals surface area (Å²) >= 11 is 12.1. The number of nitrogens with zero attached hydrogens (tertiary/aromatic N) is 1. The van der Waals surface area contributed by atoms with Gasteiger partial charge in [-0.15, -0.1) is 0 Å². The number of likely N-dealkylation sites (tertiary alicyclic amines) is 1. The van der Waals surface area contributed by atoms with Crippen molar-refractivity contribution in [2.45, 2.75) is 45.2 Å². The van der Waals surface area contributed by atoms with E-state index in [9.17, 15) is 4.79 Å². The Morgan fingerprint density at radius 3 is 2.42 bits per heavy atom. The molecule has 1 amide bonds. The van der Waals surface area contributed by atoms with Gasteiger partial charge in [-0.25, -0.2) is 0 Å². The Hall–Kier alpha value is -0.930. The lowest BCUT2D eigenvalue weighted by atomic mass is 9.96. The molecule has 0 aliphatic carbocycles. The first-order valence-electron chi connectivity index (χ1n) is 6.49. The molecule has 1 aliphatic heterocycles. The number of hydrogen-bond donors (Lipinski definition) is 1. The summed E-state index contributed by atoms with van der Waals surface area (Å²) in [6, 6.07) is 3.59. The molecule has 2 rings (SSSR count). The molecule has 1 fully saturated rings. The van der Waals surface area contributed by atoms with Crippen molar-refractivity contribution in [3.63, 3.8) is 0 Å². The number of carbonyl (C=O) groups is 1. The first-order valence-corrected chi connectivity index (χ1v) is 7.24. The summed E-state index contributed by atoms with van der Waals surface area (Å²) < 4.78 is 0. The van der Waals surface area contributed by atoms with Crippen molar-refractivity contribution in [3.05, 3.63) is 27.7 Å². The molecule has 0 spiro atoms. The molecule has 1 saturated heterocycles. The van der Waals surface area contributed by atoms with Gasteiger partial charge in [-0.1, -0.05) is 23.2 Å². The number of anilines is 1. The molecule has 2 unspecified atom stereocenters. The maximum atomic E-state index is 12.7. The smallest absolute Gasteiger partial charge is 0.255 e. The average Bonchev–Trinajstić information content (AvgIpc) is 2.33.